The van der Waals surface area contributed by atoms with E-state index >= 15 is 0 Å². The highest BCUT2D eigenvalue weighted by Gasteiger charge is 2.42. The number of phenolic OH excluding ortho intramolecular Hbond substituents is 1. The van der Waals surface area contributed by atoms with Gasteiger partial charge < -0.3 is 14.3 Å². The summed E-state index contributed by atoms with van der Waals surface area (Å²) in [5.41, 5.74) is 2.29. The third-order valence-electron chi connectivity index (χ3n) is 4.81. The Hall–Kier alpha value is -2.63. The van der Waals surface area contributed by atoms with Crippen LogP contribution in [0.1, 0.15) is 35.6 Å². The van der Waals surface area contributed by atoms with Crippen molar-refractivity contribution in [2.24, 2.45) is 5.10 Å². The molecule has 5 nitrogen and oxygen atoms in total. The van der Waals surface area contributed by atoms with Crippen molar-refractivity contribution in [2.75, 3.05) is 0 Å². The summed E-state index contributed by atoms with van der Waals surface area (Å²) in [6.45, 7) is 0. The maximum absolute atomic E-state index is 10.3. The van der Waals surface area contributed by atoms with Gasteiger partial charge in [0.05, 0.1) is 18.0 Å². The number of halogens is 2. The molecule has 0 saturated carbocycles. The smallest absolute Gasteiger partial charge is 0.246 e. The Morgan fingerprint density at radius 3 is 2.70 bits per heavy atom. The van der Waals surface area contributed by atoms with Crippen LogP contribution >= 0.6 is 23.2 Å². The number of rotatable bonds is 2. The molecule has 1 aromatic heterocycles. The molecule has 0 fully saturated rings. The molecule has 0 spiro atoms. The van der Waals surface area contributed by atoms with E-state index in [9.17, 15) is 5.11 Å². The number of benzene rings is 2. The molecule has 0 bridgehead atoms. The van der Waals surface area contributed by atoms with Crippen molar-refractivity contribution in [3.05, 3.63) is 81.7 Å². The van der Waals surface area contributed by atoms with Crippen molar-refractivity contribution in [3.63, 3.8) is 0 Å². The Labute approximate surface area is 165 Å². The van der Waals surface area contributed by atoms with E-state index in [2.05, 4.69) is 0 Å². The van der Waals surface area contributed by atoms with Crippen molar-refractivity contribution in [1.82, 2.24) is 5.01 Å². The fourth-order valence-electron chi connectivity index (χ4n) is 3.58. The first-order valence-electron chi connectivity index (χ1n) is 8.44. The summed E-state index contributed by atoms with van der Waals surface area (Å²) in [4.78, 5) is 0. The summed E-state index contributed by atoms with van der Waals surface area (Å²) in [5.74, 6) is 1.54. The van der Waals surface area contributed by atoms with E-state index in [0.29, 0.717) is 27.8 Å². The van der Waals surface area contributed by atoms with Gasteiger partial charge in [0.15, 0.2) is 5.76 Å². The Balaban J connectivity index is 1.63. The number of aromatic hydroxyl groups is 1. The molecule has 2 aliphatic heterocycles. The predicted octanol–water partition coefficient (Wildman–Crippen LogP) is 5.53. The Morgan fingerprint density at radius 2 is 1.89 bits per heavy atom. The van der Waals surface area contributed by atoms with Crippen LogP contribution in [0, 0.1) is 0 Å². The average Bonchev–Trinajstić information content (AvgIpc) is 3.33. The molecule has 0 aliphatic carbocycles. The lowest BCUT2D eigenvalue weighted by atomic mass is 9.96. The standard InChI is InChI=1S/C20H14Cl2N2O3/c21-11-3-5-17(25)13(8-11)15-10-16-14-9-12(22)4-6-18(14)27-20(24(16)23-15)19-2-1-7-26-19/h1-9,16,20,25H,10H2/t16-,20+/m0/s1. The third kappa shape index (κ3) is 2.74. The van der Waals surface area contributed by atoms with Crippen molar-refractivity contribution in [2.45, 2.75) is 18.7 Å². The molecule has 0 radical (unpaired) electrons. The normalized spacial score (nSPS) is 20.7. The maximum Gasteiger partial charge on any atom is 0.246 e. The summed E-state index contributed by atoms with van der Waals surface area (Å²) in [7, 11) is 0. The lowest BCUT2D eigenvalue weighted by Crippen LogP contribution is -2.33. The minimum absolute atomic E-state index is 0.0871. The topological polar surface area (TPSA) is 58.2 Å². The highest BCUT2D eigenvalue weighted by atomic mass is 35.5. The highest BCUT2D eigenvalue weighted by Crippen LogP contribution is 2.48. The molecule has 7 heteroatoms. The molecule has 3 aromatic rings. The number of hydrogen-bond donors (Lipinski definition) is 1. The zero-order valence-corrected chi connectivity index (χ0v) is 15.5. The number of fused-ring (bicyclic) bond motifs is 3. The maximum atomic E-state index is 10.3. The molecule has 3 heterocycles. The van der Waals surface area contributed by atoms with E-state index in [0.717, 1.165) is 17.0 Å². The second-order valence-electron chi connectivity index (χ2n) is 6.48. The van der Waals surface area contributed by atoms with Crippen LogP contribution in [-0.2, 0) is 0 Å². The van der Waals surface area contributed by atoms with Crippen LogP contribution in [0.15, 0.2) is 64.3 Å². The van der Waals surface area contributed by atoms with E-state index in [-0.39, 0.29) is 11.8 Å². The third-order valence-corrected chi connectivity index (χ3v) is 5.28. The fourth-order valence-corrected chi connectivity index (χ4v) is 3.93. The largest absolute Gasteiger partial charge is 0.507 e. The summed E-state index contributed by atoms with van der Waals surface area (Å²) >= 11 is 12.3. The second kappa shape index (κ2) is 6.22. The van der Waals surface area contributed by atoms with Crippen molar-refractivity contribution < 1.29 is 14.3 Å². The lowest BCUT2D eigenvalue weighted by molar-refractivity contribution is -0.0325. The van der Waals surface area contributed by atoms with Gasteiger partial charge in [0.2, 0.25) is 6.23 Å². The van der Waals surface area contributed by atoms with Gasteiger partial charge in [0.25, 0.3) is 0 Å². The molecule has 5 rings (SSSR count). The van der Waals surface area contributed by atoms with Crippen molar-refractivity contribution in [3.8, 4) is 11.5 Å². The molecule has 0 saturated heterocycles. The van der Waals surface area contributed by atoms with Crippen molar-refractivity contribution in [1.29, 1.82) is 0 Å². The van der Waals surface area contributed by atoms with Gasteiger partial charge in [-0.25, -0.2) is 5.01 Å². The first kappa shape index (κ1) is 16.5. The van der Waals surface area contributed by atoms with E-state index < -0.39 is 6.23 Å². The first-order valence-corrected chi connectivity index (χ1v) is 9.20. The van der Waals surface area contributed by atoms with E-state index in [1.807, 2.05) is 29.3 Å². The molecular weight excluding hydrogens is 387 g/mol. The van der Waals surface area contributed by atoms with Gasteiger partial charge in [0.1, 0.15) is 11.5 Å². The Kier molecular flexibility index (Phi) is 3.81. The molecule has 2 aliphatic rings. The lowest BCUT2D eigenvalue weighted by Gasteiger charge is -2.36. The molecule has 136 valence electrons. The molecule has 1 N–H and O–H groups in total. The second-order valence-corrected chi connectivity index (χ2v) is 7.35. The summed E-state index contributed by atoms with van der Waals surface area (Å²) < 4.78 is 11.7. The SMILES string of the molecule is Oc1ccc(Cl)cc1C1=NN2[C@@H](c3ccco3)Oc3ccc(Cl)cc3[C@@H]2C1. The fraction of sp³-hybridized carbons (Fsp3) is 0.150. The predicted molar refractivity (Wildman–Crippen MR) is 102 cm³/mol. The first-order chi connectivity index (χ1) is 13.1. The summed E-state index contributed by atoms with van der Waals surface area (Å²) in [5, 5.41) is 18.1. The summed E-state index contributed by atoms with van der Waals surface area (Å²) in [6.07, 6.45) is 1.69. The molecule has 0 amide bonds. The van der Waals surface area contributed by atoms with E-state index in [1.54, 1.807) is 30.5 Å². The number of ether oxygens (including phenoxy) is 1. The number of phenols is 1. The highest BCUT2D eigenvalue weighted by molar-refractivity contribution is 6.31. The van der Waals surface area contributed by atoms with Gasteiger partial charge in [0, 0.05) is 27.6 Å². The number of hydrogen-bond acceptors (Lipinski definition) is 5. The van der Waals surface area contributed by atoms with Crippen LogP contribution in [-0.4, -0.2) is 15.8 Å². The minimum atomic E-state index is -0.502. The molecule has 0 unspecified atom stereocenters. The van der Waals surface area contributed by atoms with Crippen molar-refractivity contribution >= 4 is 28.9 Å². The van der Waals surface area contributed by atoms with E-state index in [4.69, 9.17) is 37.5 Å². The van der Waals surface area contributed by atoms with E-state index in [1.165, 1.54) is 0 Å². The van der Waals surface area contributed by atoms with Gasteiger partial charge in [-0.2, -0.15) is 5.10 Å². The molecular formula is C20H14Cl2N2O3. The monoisotopic (exact) mass is 400 g/mol. The number of nitrogens with zero attached hydrogens (tertiary/aromatic N) is 2. The van der Waals surface area contributed by atoms with Crippen LogP contribution in [0.2, 0.25) is 10.0 Å². The van der Waals surface area contributed by atoms with Crippen LogP contribution < -0.4 is 4.74 Å². The van der Waals surface area contributed by atoms with Gasteiger partial charge in [-0.1, -0.05) is 23.2 Å². The van der Waals surface area contributed by atoms with Gasteiger partial charge >= 0.3 is 0 Å². The molecule has 27 heavy (non-hydrogen) atoms. The van der Waals surface area contributed by atoms with Gasteiger partial charge in [-0.05, 0) is 48.5 Å². The summed E-state index contributed by atoms with van der Waals surface area (Å²) in [6, 6.07) is 14.1. The average molecular weight is 401 g/mol. The van der Waals surface area contributed by atoms with Crippen LogP contribution in [0.5, 0.6) is 11.5 Å². The zero-order chi connectivity index (χ0) is 18.5. The van der Waals surface area contributed by atoms with Gasteiger partial charge in [-0.3, -0.25) is 0 Å². The molecule has 2 aromatic carbocycles. The van der Waals surface area contributed by atoms with Crippen LogP contribution in [0.25, 0.3) is 0 Å². The Morgan fingerprint density at radius 1 is 1.07 bits per heavy atom. The van der Waals surface area contributed by atoms with Crippen LogP contribution in [0.3, 0.4) is 0 Å². The Bertz CT molecular complexity index is 1050. The number of furan rings is 1. The quantitative estimate of drug-likeness (QED) is 0.613. The minimum Gasteiger partial charge on any atom is -0.507 e. The zero-order valence-electron chi connectivity index (χ0n) is 14.0. The van der Waals surface area contributed by atoms with Gasteiger partial charge in [-0.15, -0.1) is 0 Å². The molecule has 2 atom stereocenters. The van der Waals surface area contributed by atoms with Crippen LogP contribution in [0.4, 0.5) is 0 Å². The number of hydrazone groups is 1.